The van der Waals surface area contributed by atoms with Crippen LogP contribution in [0, 0.1) is 0 Å². The molecular weight excluding hydrogens is 126 g/mol. The van der Waals surface area contributed by atoms with Crippen LogP contribution in [0.5, 0.6) is 0 Å². The van der Waals surface area contributed by atoms with Gasteiger partial charge in [0.15, 0.2) is 0 Å². The van der Waals surface area contributed by atoms with Crippen LogP contribution in [0.3, 0.4) is 0 Å². The molecule has 0 aromatic rings. The molecule has 0 rings (SSSR count). The van der Waals surface area contributed by atoms with Gasteiger partial charge in [-0.05, 0) is 6.42 Å². The summed E-state index contributed by atoms with van der Waals surface area (Å²) in [5.74, 6) is 0. The highest BCUT2D eigenvalue weighted by Crippen LogP contribution is 1.75. The quantitative estimate of drug-likeness (QED) is 0.361. The van der Waals surface area contributed by atoms with Gasteiger partial charge in [-0.3, -0.25) is 4.84 Å². The number of hydrogen-bond donors (Lipinski definition) is 3. The van der Waals surface area contributed by atoms with Crippen molar-refractivity contribution in [2.45, 2.75) is 6.42 Å². The third kappa shape index (κ3) is 7.19. The number of rotatable bonds is 4. The van der Waals surface area contributed by atoms with Gasteiger partial charge in [0.1, 0.15) is 0 Å². The third-order valence-electron chi connectivity index (χ3n) is 0.564. The summed E-state index contributed by atoms with van der Waals surface area (Å²) in [6, 6.07) is 0. The van der Waals surface area contributed by atoms with Gasteiger partial charge in [-0.25, -0.2) is 4.79 Å². The van der Waals surface area contributed by atoms with Crippen LogP contribution in [-0.2, 0) is 4.84 Å². The van der Waals surface area contributed by atoms with E-state index >= 15 is 0 Å². The summed E-state index contributed by atoms with van der Waals surface area (Å²) in [4.78, 5) is 14.0. The number of amides is 1. The molecule has 0 aromatic carbocycles. The van der Waals surface area contributed by atoms with Gasteiger partial charge in [-0.2, -0.15) is 5.48 Å². The maximum Gasteiger partial charge on any atom is 0.428 e. The van der Waals surface area contributed by atoms with Crippen molar-refractivity contribution >= 4 is 6.09 Å². The summed E-state index contributed by atoms with van der Waals surface area (Å²) >= 11 is 0. The highest BCUT2D eigenvalue weighted by molar-refractivity contribution is 5.62. The molecule has 0 heterocycles. The highest BCUT2D eigenvalue weighted by atomic mass is 16.7. The van der Waals surface area contributed by atoms with Gasteiger partial charge in [0.05, 0.1) is 6.61 Å². The van der Waals surface area contributed by atoms with Crippen molar-refractivity contribution in [2.75, 3.05) is 13.2 Å². The fraction of sp³-hybridized carbons (Fsp3) is 0.750. The first kappa shape index (κ1) is 8.19. The van der Waals surface area contributed by atoms with Gasteiger partial charge >= 0.3 is 6.09 Å². The van der Waals surface area contributed by atoms with Gasteiger partial charge in [-0.15, -0.1) is 0 Å². The molecule has 0 aliphatic carbocycles. The minimum Gasteiger partial charge on any atom is -0.464 e. The summed E-state index contributed by atoms with van der Waals surface area (Å²) in [5.41, 5.74) is 1.69. The van der Waals surface area contributed by atoms with Crippen LogP contribution in [0.15, 0.2) is 0 Å². The zero-order valence-corrected chi connectivity index (χ0v) is 4.83. The molecule has 0 bridgehead atoms. The predicted octanol–water partition coefficient (Wildman–Crippen LogP) is -0.432. The van der Waals surface area contributed by atoms with E-state index in [4.69, 9.17) is 10.2 Å². The lowest BCUT2D eigenvalue weighted by Crippen LogP contribution is -2.21. The van der Waals surface area contributed by atoms with Gasteiger partial charge < -0.3 is 10.2 Å². The lowest BCUT2D eigenvalue weighted by Gasteiger charge is -1.98. The zero-order chi connectivity index (χ0) is 7.11. The molecule has 5 nitrogen and oxygen atoms in total. The minimum atomic E-state index is -1.23. The van der Waals surface area contributed by atoms with Gasteiger partial charge in [0, 0.05) is 6.61 Å². The highest BCUT2D eigenvalue weighted by Gasteiger charge is 1.90. The molecule has 54 valence electrons. The summed E-state index contributed by atoms with van der Waals surface area (Å²) in [6.07, 6.45) is -0.798. The first-order chi connectivity index (χ1) is 4.27. The fourth-order valence-corrected chi connectivity index (χ4v) is 0.249. The number of aliphatic hydroxyl groups excluding tert-OH is 1. The van der Waals surface area contributed by atoms with E-state index in [1.807, 2.05) is 0 Å². The second-order valence-corrected chi connectivity index (χ2v) is 1.33. The number of carbonyl (C=O) groups is 1. The SMILES string of the molecule is O=C(O)NOCCCO. The van der Waals surface area contributed by atoms with E-state index in [1.54, 1.807) is 5.48 Å². The van der Waals surface area contributed by atoms with Crippen LogP contribution in [0.25, 0.3) is 0 Å². The summed E-state index contributed by atoms with van der Waals surface area (Å²) in [7, 11) is 0. The van der Waals surface area contributed by atoms with E-state index in [2.05, 4.69) is 4.84 Å². The Labute approximate surface area is 52.2 Å². The molecule has 0 atom stereocenters. The van der Waals surface area contributed by atoms with Crippen LogP contribution in [0.2, 0.25) is 0 Å². The van der Waals surface area contributed by atoms with Crippen molar-refractivity contribution in [3.05, 3.63) is 0 Å². The largest absolute Gasteiger partial charge is 0.464 e. The molecule has 5 heteroatoms. The van der Waals surface area contributed by atoms with Crippen LogP contribution in [-0.4, -0.2) is 29.5 Å². The molecule has 0 saturated heterocycles. The molecule has 0 fully saturated rings. The molecule has 0 spiro atoms. The molecule has 0 aliphatic rings. The van der Waals surface area contributed by atoms with Crippen molar-refractivity contribution in [3.63, 3.8) is 0 Å². The Hall–Kier alpha value is -0.810. The molecule has 0 aromatic heterocycles. The topological polar surface area (TPSA) is 78.8 Å². The molecule has 3 N–H and O–H groups in total. The maximum absolute atomic E-state index is 9.66. The number of hydroxylamine groups is 1. The Balaban J connectivity index is 2.83. The van der Waals surface area contributed by atoms with E-state index in [0.717, 1.165) is 0 Å². The van der Waals surface area contributed by atoms with E-state index < -0.39 is 6.09 Å². The lowest BCUT2D eigenvalue weighted by atomic mass is 10.5. The van der Waals surface area contributed by atoms with E-state index in [1.165, 1.54) is 0 Å². The van der Waals surface area contributed by atoms with E-state index in [9.17, 15) is 4.79 Å². The Kier molecular flexibility index (Phi) is 4.85. The van der Waals surface area contributed by atoms with Crippen LogP contribution < -0.4 is 5.48 Å². The fourth-order valence-electron chi connectivity index (χ4n) is 0.249. The average molecular weight is 135 g/mol. The third-order valence-corrected chi connectivity index (χ3v) is 0.564. The minimum absolute atomic E-state index is 0.00129. The zero-order valence-electron chi connectivity index (χ0n) is 4.83. The van der Waals surface area contributed by atoms with Crippen molar-refractivity contribution < 1.29 is 19.8 Å². The monoisotopic (exact) mass is 135 g/mol. The number of aliphatic hydroxyl groups is 1. The Morgan fingerprint density at radius 2 is 2.33 bits per heavy atom. The van der Waals surface area contributed by atoms with E-state index in [-0.39, 0.29) is 13.2 Å². The molecule has 9 heavy (non-hydrogen) atoms. The Morgan fingerprint density at radius 3 is 2.78 bits per heavy atom. The Morgan fingerprint density at radius 1 is 1.67 bits per heavy atom. The van der Waals surface area contributed by atoms with Crippen molar-refractivity contribution in [1.82, 2.24) is 5.48 Å². The maximum atomic E-state index is 9.66. The van der Waals surface area contributed by atoms with Crippen LogP contribution >= 0.6 is 0 Å². The molecule has 0 unspecified atom stereocenters. The second kappa shape index (κ2) is 5.33. The molecule has 0 aliphatic heterocycles. The summed E-state index contributed by atoms with van der Waals surface area (Å²) < 4.78 is 0. The summed E-state index contributed by atoms with van der Waals surface area (Å²) in [6.45, 7) is 0.199. The predicted molar refractivity (Wildman–Crippen MR) is 28.8 cm³/mol. The standard InChI is InChI=1S/C4H9NO4/c6-2-1-3-9-5-4(7)8/h5-6H,1-3H2,(H,7,8). The van der Waals surface area contributed by atoms with Crippen LogP contribution in [0.4, 0.5) is 4.79 Å². The molecule has 0 saturated carbocycles. The molecule has 1 amide bonds. The second-order valence-electron chi connectivity index (χ2n) is 1.33. The normalized spacial score (nSPS) is 9.00. The Bertz CT molecular complexity index is 84.6. The van der Waals surface area contributed by atoms with Crippen LogP contribution in [0.1, 0.15) is 6.42 Å². The first-order valence-electron chi connectivity index (χ1n) is 2.49. The van der Waals surface area contributed by atoms with Gasteiger partial charge in [0.25, 0.3) is 0 Å². The van der Waals surface area contributed by atoms with E-state index in [0.29, 0.717) is 6.42 Å². The molecule has 0 radical (unpaired) electrons. The first-order valence-corrected chi connectivity index (χ1v) is 2.49. The summed E-state index contributed by atoms with van der Waals surface area (Å²) in [5, 5.41) is 16.1. The van der Waals surface area contributed by atoms with Crippen molar-refractivity contribution in [3.8, 4) is 0 Å². The van der Waals surface area contributed by atoms with Gasteiger partial charge in [0.2, 0.25) is 0 Å². The average Bonchev–Trinajstić information content (AvgIpc) is 1.80. The number of hydrogen-bond acceptors (Lipinski definition) is 3. The molecular formula is C4H9NO4. The van der Waals surface area contributed by atoms with Crippen molar-refractivity contribution in [1.29, 1.82) is 0 Å². The number of carboxylic acid groups (broad SMARTS) is 1. The lowest BCUT2D eigenvalue weighted by molar-refractivity contribution is 0.0348. The van der Waals surface area contributed by atoms with Crippen molar-refractivity contribution in [2.24, 2.45) is 0 Å². The number of nitrogens with one attached hydrogen (secondary N) is 1. The smallest absolute Gasteiger partial charge is 0.428 e. The van der Waals surface area contributed by atoms with Gasteiger partial charge in [-0.1, -0.05) is 0 Å².